The third-order valence-corrected chi connectivity index (χ3v) is 1.53. The molecule has 0 saturated carbocycles. The summed E-state index contributed by atoms with van der Waals surface area (Å²) in [5.41, 5.74) is 0. The van der Waals surface area contributed by atoms with Crippen LogP contribution in [-0.2, 0) is 13.6 Å². The number of hydrogen-bond acceptors (Lipinski definition) is 3. The Bertz CT molecular complexity index is 111. The average molecular weight is 150 g/mol. The van der Waals surface area contributed by atoms with Crippen molar-refractivity contribution in [2.24, 2.45) is 0 Å². The minimum absolute atomic E-state index is 0.0589. The average Bonchev–Trinajstić information content (AvgIpc) is 1.63. The predicted octanol–water partition coefficient (Wildman–Crippen LogP) is 1.96. The van der Waals surface area contributed by atoms with Gasteiger partial charge in [-0.3, -0.25) is 4.52 Å². The summed E-state index contributed by atoms with van der Waals surface area (Å²) in [5, 5.41) is 0. The van der Waals surface area contributed by atoms with Gasteiger partial charge in [0.1, 0.15) is 0 Å². The van der Waals surface area contributed by atoms with Crippen LogP contribution >= 0.6 is 8.25 Å². The molecular formula is C5H11O3P. The topological polar surface area (TPSA) is 35.5 Å². The van der Waals surface area contributed by atoms with Gasteiger partial charge in [0.15, 0.2) is 0 Å². The van der Waals surface area contributed by atoms with E-state index in [0.29, 0.717) is 0 Å². The standard InChI is InChI=1S/C5H11O3P/c1-4-7-9(6)8-5(2)3/h4-5,9H,1H2,2-3H3. The van der Waals surface area contributed by atoms with E-state index in [2.05, 4.69) is 11.1 Å². The normalized spacial score (nSPS) is 13.2. The molecule has 0 saturated heterocycles. The summed E-state index contributed by atoms with van der Waals surface area (Å²) in [6.45, 7) is 6.80. The highest BCUT2D eigenvalue weighted by Gasteiger charge is 1.98. The fraction of sp³-hybridized carbons (Fsp3) is 0.600. The highest BCUT2D eigenvalue weighted by Crippen LogP contribution is 2.25. The van der Waals surface area contributed by atoms with Crippen LogP contribution in [0.15, 0.2) is 12.8 Å². The molecule has 1 unspecified atom stereocenters. The summed E-state index contributed by atoms with van der Waals surface area (Å²) < 4.78 is 19.7. The van der Waals surface area contributed by atoms with Crippen LogP contribution in [0.4, 0.5) is 0 Å². The molecule has 0 aromatic carbocycles. The van der Waals surface area contributed by atoms with E-state index in [0.717, 1.165) is 6.26 Å². The van der Waals surface area contributed by atoms with Crippen LogP contribution in [-0.4, -0.2) is 6.10 Å². The molecule has 0 aliphatic carbocycles. The molecule has 1 atom stereocenters. The van der Waals surface area contributed by atoms with Crippen molar-refractivity contribution in [1.29, 1.82) is 0 Å². The van der Waals surface area contributed by atoms with Crippen LogP contribution in [0.3, 0.4) is 0 Å². The largest absolute Gasteiger partial charge is 0.435 e. The number of hydrogen-bond donors (Lipinski definition) is 0. The van der Waals surface area contributed by atoms with E-state index in [-0.39, 0.29) is 6.10 Å². The lowest BCUT2D eigenvalue weighted by molar-refractivity contribution is 0.217. The first kappa shape index (κ1) is 8.73. The lowest BCUT2D eigenvalue weighted by atomic mass is 10.5. The van der Waals surface area contributed by atoms with Crippen LogP contribution in [0.25, 0.3) is 0 Å². The van der Waals surface area contributed by atoms with Crippen molar-refractivity contribution < 1.29 is 13.6 Å². The monoisotopic (exact) mass is 150 g/mol. The van der Waals surface area contributed by atoms with Gasteiger partial charge in [-0.15, -0.1) is 0 Å². The smallest absolute Gasteiger partial charge is 0.367 e. The molecule has 0 N–H and O–H groups in total. The van der Waals surface area contributed by atoms with Crippen molar-refractivity contribution in [3.8, 4) is 0 Å². The van der Waals surface area contributed by atoms with E-state index in [1.165, 1.54) is 0 Å². The van der Waals surface area contributed by atoms with E-state index in [1.54, 1.807) is 13.8 Å². The molecule has 0 bridgehead atoms. The van der Waals surface area contributed by atoms with Crippen molar-refractivity contribution in [2.45, 2.75) is 20.0 Å². The van der Waals surface area contributed by atoms with Gasteiger partial charge in [0.2, 0.25) is 0 Å². The molecule has 9 heavy (non-hydrogen) atoms. The van der Waals surface area contributed by atoms with E-state index in [1.807, 2.05) is 0 Å². The summed E-state index contributed by atoms with van der Waals surface area (Å²) in [6.07, 6.45) is 1.06. The first-order chi connectivity index (χ1) is 4.16. The second-order valence-electron chi connectivity index (χ2n) is 1.70. The Morgan fingerprint density at radius 1 is 1.67 bits per heavy atom. The molecule has 0 aliphatic heterocycles. The van der Waals surface area contributed by atoms with Crippen LogP contribution in [0, 0.1) is 0 Å². The zero-order chi connectivity index (χ0) is 7.28. The maximum atomic E-state index is 10.5. The highest BCUT2D eigenvalue weighted by molar-refractivity contribution is 7.33. The molecular weight excluding hydrogens is 139 g/mol. The Morgan fingerprint density at radius 2 is 2.22 bits per heavy atom. The molecule has 0 aromatic heterocycles. The van der Waals surface area contributed by atoms with E-state index >= 15 is 0 Å². The van der Waals surface area contributed by atoms with Crippen molar-refractivity contribution in [3.63, 3.8) is 0 Å². The Morgan fingerprint density at radius 3 is 2.56 bits per heavy atom. The van der Waals surface area contributed by atoms with Gasteiger partial charge >= 0.3 is 8.25 Å². The van der Waals surface area contributed by atoms with Gasteiger partial charge in [-0.2, -0.15) is 0 Å². The van der Waals surface area contributed by atoms with Crippen LogP contribution < -0.4 is 0 Å². The maximum absolute atomic E-state index is 10.5. The predicted molar refractivity (Wildman–Crippen MR) is 36.5 cm³/mol. The Labute approximate surface area is 55.6 Å². The Kier molecular flexibility index (Phi) is 4.46. The summed E-state index contributed by atoms with van der Waals surface area (Å²) in [6, 6.07) is 0. The third kappa shape index (κ3) is 5.60. The molecule has 0 radical (unpaired) electrons. The molecule has 0 fully saturated rings. The molecule has 4 heteroatoms. The van der Waals surface area contributed by atoms with E-state index < -0.39 is 8.25 Å². The molecule has 0 heterocycles. The second-order valence-corrected chi connectivity index (χ2v) is 2.67. The first-order valence-corrected chi connectivity index (χ1v) is 3.87. The zero-order valence-electron chi connectivity index (χ0n) is 5.59. The minimum atomic E-state index is -2.31. The lowest BCUT2D eigenvalue weighted by Gasteiger charge is -2.04. The molecule has 0 amide bonds. The van der Waals surface area contributed by atoms with Crippen LogP contribution in [0.2, 0.25) is 0 Å². The second kappa shape index (κ2) is 4.59. The fourth-order valence-corrected chi connectivity index (χ4v) is 0.865. The summed E-state index contributed by atoms with van der Waals surface area (Å²) in [7, 11) is -2.31. The zero-order valence-corrected chi connectivity index (χ0v) is 6.59. The molecule has 0 aromatic rings. The molecule has 0 aliphatic rings. The van der Waals surface area contributed by atoms with Crippen LogP contribution in [0.1, 0.15) is 13.8 Å². The molecule has 54 valence electrons. The Balaban J connectivity index is 3.38. The minimum Gasteiger partial charge on any atom is -0.435 e. The quantitative estimate of drug-likeness (QED) is 0.454. The van der Waals surface area contributed by atoms with Crippen molar-refractivity contribution in [3.05, 3.63) is 12.8 Å². The summed E-state index contributed by atoms with van der Waals surface area (Å²) in [4.78, 5) is 0. The van der Waals surface area contributed by atoms with Gasteiger partial charge in [0.05, 0.1) is 12.4 Å². The summed E-state index contributed by atoms with van der Waals surface area (Å²) in [5.74, 6) is 0. The van der Waals surface area contributed by atoms with Gasteiger partial charge in [0.25, 0.3) is 0 Å². The van der Waals surface area contributed by atoms with Gasteiger partial charge in [-0.25, -0.2) is 4.57 Å². The summed E-state index contributed by atoms with van der Waals surface area (Å²) >= 11 is 0. The Hall–Kier alpha value is -0.270. The SMILES string of the molecule is C=CO[PH](=O)OC(C)C. The van der Waals surface area contributed by atoms with Crippen molar-refractivity contribution in [2.75, 3.05) is 0 Å². The van der Waals surface area contributed by atoms with Gasteiger partial charge in [-0.05, 0) is 13.8 Å². The van der Waals surface area contributed by atoms with Crippen molar-refractivity contribution >= 4 is 8.25 Å². The van der Waals surface area contributed by atoms with Gasteiger partial charge < -0.3 is 4.52 Å². The highest BCUT2D eigenvalue weighted by atomic mass is 31.1. The van der Waals surface area contributed by atoms with Crippen LogP contribution in [0.5, 0.6) is 0 Å². The van der Waals surface area contributed by atoms with Gasteiger partial charge in [-0.1, -0.05) is 6.58 Å². The molecule has 3 nitrogen and oxygen atoms in total. The van der Waals surface area contributed by atoms with E-state index in [9.17, 15) is 4.57 Å². The van der Waals surface area contributed by atoms with E-state index in [4.69, 9.17) is 4.52 Å². The van der Waals surface area contributed by atoms with Crippen molar-refractivity contribution in [1.82, 2.24) is 0 Å². The molecule has 0 rings (SSSR count). The third-order valence-electron chi connectivity index (χ3n) is 0.511. The number of rotatable bonds is 4. The first-order valence-electron chi connectivity index (χ1n) is 2.65. The lowest BCUT2D eigenvalue weighted by Crippen LogP contribution is -1.93. The van der Waals surface area contributed by atoms with Gasteiger partial charge in [0, 0.05) is 0 Å². The fourth-order valence-electron chi connectivity index (χ4n) is 0.288. The molecule has 0 spiro atoms. The maximum Gasteiger partial charge on any atom is 0.367 e.